The van der Waals surface area contributed by atoms with E-state index in [2.05, 4.69) is 16.2 Å². The molecule has 0 aliphatic heterocycles. The maximum atomic E-state index is 9.08. The molecule has 90 valence electrons. The van der Waals surface area contributed by atoms with Crippen LogP contribution in [0.4, 0.5) is 0 Å². The Bertz CT molecular complexity index is 738. The number of benzene rings is 1. The van der Waals surface area contributed by atoms with Crippen LogP contribution in [0.1, 0.15) is 5.56 Å². The number of aromatic nitrogens is 3. The molecule has 0 N–H and O–H groups in total. The van der Waals surface area contributed by atoms with Gasteiger partial charge < -0.3 is 0 Å². The monoisotopic (exact) mass is 246 g/mol. The minimum absolute atomic E-state index is 0.553. The van der Waals surface area contributed by atoms with Gasteiger partial charge in [0.05, 0.1) is 18.0 Å². The zero-order chi connectivity index (χ0) is 13.1. The van der Waals surface area contributed by atoms with Crippen molar-refractivity contribution in [3.05, 3.63) is 66.7 Å². The largest absolute Gasteiger partial charge is 0.262 e. The van der Waals surface area contributed by atoms with Gasteiger partial charge in [0.1, 0.15) is 11.8 Å². The molecule has 0 saturated carbocycles. The molecular weight excluding hydrogens is 236 g/mol. The van der Waals surface area contributed by atoms with Gasteiger partial charge >= 0.3 is 0 Å². The van der Waals surface area contributed by atoms with Crippen LogP contribution in [0.15, 0.2) is 61.2 Å². The first-order valence-electron chi connectivity index (χ1n) is 5.83. The Morgan fingerprint density at radius 1 is 1.00 bits per heavy atom. The first-order valence-corrected chi connectivity index (χ1v) is 5.83. The summed E-state index contributed by atoms with van der Waals surface area (Å²) in [7, 11) is 0. The zero-order valence-corrected chi connectivity index (χ0v) is 10.1. The molecule has 0 aliphatic rings. The third-order valence-electron chi connectivity index (χ3n) is 2.86. The summed E-state index contributed by atoms with van der Waals surface area (Å²) in [5, 5.41) is 13.4. The van der Waals surface area contributed by atoms with Gasteiger partial charge in [-0.2, -0.15) is 10.4 Å². The molecule has 2 aromatic heterocycles. The van der Waals surface area contributed by atoms with Crippen LogP contribution >= 0.6 is 0 Å². The molecule has 3 aromatic rings. The average Bonchev–Trinajstić information content (AvgIpc) is 2.98. The van der Waals surface area contributed by atoms with Crippen LogP contribution in [-0.2, 0) is 0 Å². The summed E-state index contributed by atoms with van der Waals surface area (Å²) < 4.78 is 1.67. The molecule has 0 bridgehead atoms. The molecule has 4 nitrogen and oxygen atoms in total. The Balaban J connectivity index is 2.05. The van der Waals surface area contributed by atoms with E-state index in [4.69, 9.17) is 5.26 Å². The lowest BCUT2D eigenvalue weighted by Crippen LogP contribution is -1.98. The van der Waals surface area contributed by atoms with E-state index in [9.17, 15) is 0 Å². The van der Waals surface area contributed by atoms with Crippen LogP contribution in [0.3, 0.4) is 0 Å². The number of nitriles is 1. The Hall–Kier alpha value is -2.93. The Labute approximate surface area is 110 Å². The van der Waals surface area contributed by atoms with Crippen LogP contribution in [0.2, 0.25) is 0 Å². The van der Waals surface area contributed by atoms with Crippen molar-refractivity contribution in [2.75, 3.05) is 0 Å². The molecule has 0 atom stereocenters. The van der Waals surface area contributed by atoms with Gasteiger partial charge in [0, 0.05) is 18.0 Å². The molecule has 0 unspecified atom stereocenters. The summed E-state index contributed by atoms with van der Waals surface area (Å²) in [5.74, 6) is 0. The SMILES string of the molecule is N#Cc1ccncc1-n1cc(-c2ccccc2)cn1. The van der Waals surface area contributed by atoms with Crippen LogP contribution in [0, 0.1) is 11.3 Å². The number of pyridine rings is 1. The molecule has 0 saturated heterocycles. The summed E-state index contributed by atoms with van der Waals surface area (Å²) in [6.45, 7) is 0. The van der Waals surface area contributed by atoms with Gasteiger partial charge in [-0.15, -0.1) is 0 Å². The van der Waals surface area contributed by atoms with Crippen molar-refractivity contribution in [1.29, 1.82) is 5.26 Å². The van der Waals surface area contributed by atoms with Gasteiger partial charge in [-0.05, 0) is 11.6 Å². The minimum atomic E-state index is 0.553. The quantitative estimate of drug-likeness (QED) is 0.698. The highest BCUT2D eigenvalue weighted by molar-refractivity contribution is 5.62. The second-order valence-electron chi connectivity index (χ2n) is 4.04. The minimum Gasteiger partial charge on any atom is -0.262 e. The predicted octanol–water partition coefficient (Wildman–Crippen LogP) is 2.81. The molecule has 0 fully saturated rings. The first-order chi connectivity index (χ1) is 9.38. The normalized spacial score (nSPS) is 10.1. The maximum absolute atomic E-state index is 9.08. The van der Waals surface area contributed by atoms with Crippen molar-refractivity contribution >= 4 is 0 Å². The number of hydrogen-bond donors (Lipinski definition) is 0. The van der Waals surface area contributed by atoms with Gasteiger partial charge in [-0.25, -0.2) is 4.68 Å². The number of nitrogens with zero attached hydrogens (tertiary/aromatic N) is 4. The van der Waals surface area contributed by atoms with Gasteiger partial charge in [0.15, 0.2) is 0 Å². The second-order valence-corrected chi connectivity index (χ2v) is 4.04. The van der Waals surface area contributed by atoms with Crippen LogP contribution in [-0.4, -0.2) is 14.8 Å². The van der Waals surface area contributed by atoms with E-state index < -0.39 is 0 Å². The van der Waals surface area contributed by atoms with Crippen molar-refractivity contribution in [3.63, 3.8) is 0 Å². The molecule has 0 amide bonds. The summed E-state index contributed by atoms with van der Waals surface area (Å²) >= 11 is 0. The fourth-order valence-corrected chi connectivity index (χ4v) is 1.90. The molecular formula is C15H10N4. The fraction of sp³-hybridized carbons (Fsp3) is 0. The third-order valence-corrected chi connectivity index (χ3v) is 2.86. The number of hydrogen-bond acceptors (Lipinski definition) is 3. The molecule has 0 radical (unpaired) electrons. The number of rotatable bonds is 2. The van der Waals surface area contributed by atoms with E-state index >= 15 is 0 Å². The first kappa shape index (κ1) is 11.2. The third kappa shape index (κ3) is 2.09. The summed E-state index contributed by atoms with van der Waals surface area (Å²) in [4.78, 5) is 4.04. The smallest absolute Gasteiger partial charge is 0.102 e. The van der Waals surface area contributed by atoms with Crippen molar-refractivity contribution in [1.82, 2.24) is 14.8 Å². The second kappa shape index (κ2) is 4.75. The van der Waals surface area contributed by atoms with Gasteiger partial charge in [-0.3, -0.25) is 4.98 Å². The van der Waals surface area contributed by atoms with Crippen molar-refractivity contribution in [2.45, 2.75) is 0 Å². The van der Waals surface area contributed by atoms with Gasteiger partial charge in [0.2, 0.25) is 0 Å². The van der Waals surface area contributed by atoms with Crippen LogP contribution < -0.4 is 0 Å². The van der Waals surface area contributed by atoms with Crippen molar-refractivity contribution < 1.29 is 0 Å². The summed E-state index contributed by atoms with van der Waals surface area (Å²) in [6, 6.07) is 13.8. The van der Waals surface area contributed by atoms with Crippen LogP contribution in [0.5, 0.6) is 0 Å². The molecule has 0 aliphatic carbocycles. The lowest BCUT2D eigenvalue weighted by molar-refractivity contribution is 0.870. The molecule has 4 heteroatoms. The highest BCUT2D eigenvalue weighted by Crippen LogP contribution is 2.20. The Morgan fingerprint density at radius 2 is 1.84 bits per heavy atom. The zero-order valence-electron chi connectivity index (χ0n) is 10.1. The van der Waals surface area contributed by atoms with E-state index in [-0.39, 0.29) is 0 Å². The van der Waals surface area contributed by atoms with E-state index in [1.165, 1.54) is 0 Å². The Kier molecular flexibility index (Phi) is 2.79. The van der Waals surface area contributed by atoms with Crippen molar-refractivity contribution in [2.24, 2.45) is 0 Å². The molecule has 19 heavy (non-hydrogen) atoms. The van der Waals surface area contributed by atoms with Crippen molar-refractivity contribution in [3.8, 4) is 22.9 Å². The Morgan fingerprint density at radius 3 is 2.63 bits per heavy atom. The molecule has 1 aromatic carbocycles. The molecule has 3 rings (SSSR count). The highest BCUT2D eigenvalue weighted by atomic mass is 15.3. The molecule has 2 heterocycles. The fourth-order valence-electron chi connectivity index (χ4n) is 1.90. The van der Waals surface area contributed by atoms with Crippen LogP contribution in [0.25, 0.3) is 16.8 Å². The standard InChI is InChI=1S/C15H10N4/c16-8-13-6-7-17-10-15(13)19-11-14(9-18-19)12-4-2-1-3-5-12/h1-7,9-11H. The topological polar surface area (TPSA) is 54.5 Å². The van der Waals surface area contributed by atoms with Gasteiger partial charge in [-0.1, -0.05) is 30.3 Å². The maximum Gasteiger partial charge on any atom is 0.102 e. The summed E-state index contributed by atoms with van der Waals surface area (Å²) in [6.07, 6.45) is 6.92. The average molecular weight is 246 g/mol. The summed E-state index contributed by atoms with van der Waals surface area (Å²) in [5.41, 5.74) is 3.34. The lowest BCUT2D eigenvalue weighted by Gasteiger charge is -2.01. The van der Waals surface area contributed by atoms with E-state index in [1.807, 2.05) is 36.5 Å². The lowest BCUT2D eigenvalue weighted by atomic mass is 10.1. The predicted molar refractivity (Wildman–Crippen MR) is 71.5 cm³/mol. The highest BCUT2D eigenvalue weighted by Gasteiger charge is 2.07. The van der Waals surface area contributed by atoms with E-state index in [0.29, 0.717) is 11.3 Å². The van der Waals surface area contributed by atoms with E-state index in [1.54, 1.807) is 29.3 Å². The van der Waals surface area contributed by atoms with E-state index in [0.717, 1.165) is 11.1 Å². The molecule has 0 spiro atoms. The van der Waals surface area contributed by atoms with Gasteiger partial charge in [0.25, 0.3) is 0 Å².